The van der Waals surface area contributed by atoms with Gasteiger partial charge in [-0.15, -0.1) is 0 Å². The summed E-state index contributed by atoms with van der Waals surface area (Å²) in [4.78, 5) is 28.4. The third-order valence-electron chi connectivity index (χ3n) is 4.22. The number of carbonyl (C=O) groups excluding carboxylic acids is 2. The highest BCUT2D eigenvalue weighted by Gasteiger charge is 2.31. The summed E-state index contributed by atoms with van der Waals surface area (Å²) in [5.74, 6) is 0.225. The summed E-state index contributed by atoms with van der Waals surface area (Å²) < 4.78 is 9.51. The second kappa shape index (κ2) is 6.80. The Morgan fingerprint density at radius 2 is 1.68 bits per heavy atom. The molecule has 0 spiro atoms. The number of carbonyl (C=O) groups is 2. The van der Waals surface area contributed by atoms with E-state index in [1.165, 1.54) is 6.92 Å². The number of ether oxygens (including phenoxy) is 1. The Kier molecular flexibility index (Phi) is 4.55. The molecule has 0 aliphatic carbocycles. The van der Waals surface area contributed by atoms with Crippen LogP contribution in [0.5, 0.6) is 5.75 Å². The Morgan fingerprint density at radius 1 is 1.12 bits per heavy atom. The van der Waals surface area contributed by atoms with Gasteiger partial charge in [0.05, 0.1) is 12.3 Å². The van der Waals surface area contributed by atoms with Crippen LogP contribution in [0, 0.1) is 12.1 Å². The highest BCUT2D eigenvalue weighted by molar-refractivity contribution is 5.95. The van der Waals surface area contributed by atoms with Crippen LogP contribution in [0.1, 0.15) is 26.5 Å². The lowest BCUT2D eigenvalue weighted by Crippen LogP contribution is -2.50. The molecule has 0 bridgehead atoms. The Labute approximate surface area is 143 Å². The normalized spacial score (nSPS) is 14.5. The molecule has 1 aliphatic heterocycles. The largest absolute Gasteiger partial charge is 0.497 e. The minimum Gasteiger partial charge on any atom is -0.497 e. The molecule has 9 nitrogen and oxygen atoms in total. The van der Waals surface area contributed by atoms with Crippen LogP contribution in [0.15, 0.2) is 28.9 Å². The maximum absolute atomic E-state index is 12.5. The van der Waals surface area contributed by atoms with Gasteiger partial charge in [-0.1, -0.05) is 0 Å². The molecule has 0 saturated carbocycles. The maximum Gasteiger partial charge on any atom is 0.308 e. The Hall–Kier alpha value is -3.10. The van der Waals surface area contributed by atoms with Crippen molar-refractivity contribution >= 4 is 11.8 Å². The third kappa shape index (κ3) is 3.25. The van der Waals surface area contributed by atoms with E-state index in [0.29, 0.717) is 37.5 Å². The van der Waals surface area contributed by atoms with Gasteiger partial charge in [-0.2, -0.15) is 0 Å². The number of aromatic nitrogens is 2. The van der Waals surface area contributed by atoms with Gasteiger partial charge in [0.25, 0.3) is 5.91 Å². The fourth-order valence-corrected chi connectivity index (χ4v) is 2.66. The fraction of sp³-hybridized carbons (Fsp3) is 0.375. The lowest BCUT2D eigenvalue weighted by molar-refractivity contribution is -0.806. The van der Waals surface area contributed by atoms with Crippen LogP contribution in [-0.2, 0) is 0 Å². The molecule has 1 aromatic heterocycles. The summed E-state index contributed by atoms with van der Waals surface area (Å²) in [6.07, 6.45) is 0. The molecule has 1 saturated heterocycles. The number of benzene rings is 1. The van der Waals surface area contributed by atoms with Crippen molar-refractivity contribution < 1.29 is 23.9 Å². The van der Waals surface area contributed by atoms with Crippen molar-refractivity contribution in [3.05, 3.63) is 46.4 Å². The van der Waals surface area contributed by atoms with Crippen molar-refractivity contribution in [3.8, 4) is 5.75 Å². The molecule has 0 unspecified atom stereocenters. The first kappa shape index (κ1) is 16.7. The molecular weight excluding hydrogens is 328 g/mol. The first-order valence-corrected chi connectivity index (χ1v) is 7.80. The van der Waals surface area contributed by atoms with E-state index in [1.54, 1.807) is 41.2 Å². The lowest BCUT2D eigenvalue weighted by Gasteiger charge is -2.34. The van der Waals surface area contributed by atoms with Gasteiger partial charge >= 0.3 is 11.6 Å². The van der Waals surface area contributed by atoms with Crippen molar-refractivity contribution in [2.75, 3.05) is 33.3 Å². The number of rotatable bonds is 3. The third-order valence-corrected chi connectivity index (χ3v) is 4.22. The van der Waals surface area contributed by atoms with Gasteiger partial charge in [0.15, 0.2) is 0 Å². The Morgan fingerprint density at radius 3 is 2.16 bits per heavy atom. The van der Waals surface area contributed by atoms with Gasteiger partial charge in [0.1, 0.15) is 5.75 Å². The highest BCUT2D eigenvalue weighted by Crippen LogP contribution is 2.15. The number of nitrogens with zero attached hydrogens (tertiary/aromatic N) is 4. The van der Waals surface area contributed by atoms with Gasteiger partial charge in [-0.25, -0.2) is 0 Å². The fourth-order valence-electron chi connectivity index (χ4n) is 2.66. The van der Waals surface area contributed by atoms with Crippen LogP contribution in [0.25, 0.3) is 0 Å². The molecule has 1 fully saturated rings. The van der Waals surface area contributed by atoms with Crippen LogP contribution in [0.2, 0.25) is 0 Å². The lowest BCUT2D eigenvalue weighted by atomic mass is 10.1. The van der Waals surface area contributed by atoms with Crippen LogP contribution >= 0.6 is 0 Å². The first-order chi connectivity index (χ1) is 12.0. The zero-order chi connectivity index (χ0) is 18.0. The summed E-state index contributed by atoms with van der Waals surface area (Å²) in [7, 11) is 1.57. The molecule has 2 aromatic rings. The van der Waals surface area contributed by atoms with Crippen molar-refractivity contribution in [2.24, 2.45) is 0 Å². The molecule has 132 valence electrons. The molecule has 9 heteroatoms. The summed E-state index contributed by atoms with van der Waals surface area (Å²) in [6.45, 7) is 3.02. The summed E-state index contributed by atoms with van der Waals surface area (Å²) >= 11 is 0. The van der Waals surface area contributed by atoms with Crippen molar-refractivity contribution in [3.63, 3.8) is 0 Å². The van der Waals surface area contributed by atoms with E-state index in [9.17, 15) is 14.8 Å². The average Bonchev–Trinajstić information content (AvgIpc) is 2.99. The van der Waals surface area contributed by atoms with Crippen LogP contribution in [-0.4, -0.2) is 60.1 Å². The van der Waals surface area contributed by atoms with Gasteiger partial charge in [-0.05, 0) is 29.2 Å². The Balaban J connectivity index is 1.62. The number of hydrogen-bond donors (Lipinski definition) is 0. The van der Waals surface area contributed by atoms with Gasteiger partial charge in [0, 0.05) is 38.7 Å². The van der Waals surface area contributed by atoms with Crippen molar-refractivity contribution in [1.82, 2.24) is 15.0 Å². The Bertz CT molecular complexity index is 778. The number of amides is 2. The van der Waals surface area contributed by atoms with E-state index in [0.717, 1.165) is 0 Å². The molecule has 2 heterocycles. The zero-order valence-electron chi connectivity index (χ0n) is 14.0. The van der Waals surface area contributed by atoms with E-state index in [-0.39, 0.29) is 28.1 Å². The second-order valence-electron chi connectivity index (χ2n) is 5.68. The molecule has 0 atom stereocenters. The van der Waals surface area contributed by atoms with E-state index in [2.05, 4.69) is 9.79 Å². The maximum atomic E-state index is 12.5. The van der Waals surface area contributed by atoms with Gasteiger partial charge in [0.2, 0.25) is 5.69 Å². The number of methoxy groups -OCH3 is 1. The van der Waals surface area contributed by atoms with Gasteiger partial charge in [-0.3, -0.25) is 14.2 Å². The second-order valence-corrected chi connectivity index (χ2v) is 5.68. The minimum absolute atomic E-state index is 0.00457. The zero-order valence-corrected chi connectivity index (χ0v) is 14.0. The van der Waals surface area contributed by atoms with E-state index < -0.39 is 0 Å². The average molecular weight is 346 g/mol. The van der Waals surface area contributed by atoms with Crippen molar-refractivity contribution in [1.29, 1.82) is 0 Å². The van der Waals surface area contributed by atoms with Gasteiger partial charge < -0.3 is 19.7 Å². The molecule has 2 amide bonds. The quantitative estimate of drug-likeness (QED) is 0.737. The number of hydrogen-bond acceptors (Lipinski definition) is 6. The summed E-state index contributed by atoms with van der Waals surface area (Å²) in [6, 6.07) is 6.89. The monoisotopic (exact) mass is 346 g/mol. The van der Waals surface area contributed by atoms with E-state index in [1.807, 2.05) is 0 Å². The molecule has 1 aromatic carbocycles. The molecule has 3 rings (SSSR count). The predicted molar refractivity (Wildman–Crippen MR) is 85.0 cm³/mol. The van der Waals surface area contributed by atoms with Crippen LogP contribution in [0.3, 0.4) is 0 Å². The highest BCUT2D eigenvalue weighted by atomic mass is 16.8. The minimum atomic E-state index is -0.368. The van der Waals surface area contributed by atoms with Crippen LogP contribution < -0.4 is 9.64 Å². The first-order valence-electron chi connectivity index (χ1n) is 7.80. The molecular formula is C16H18N4O5. The standard InChI is InChI=1S/C16H18N4O5/c1-11-14(17-25-20(11)23)16(22)19-9-7-18(8-10-19)15(21)12-3-5-13(24-2)6-4-12/h3-6H,7-10H2,1-2H3. The molecule has 0 radical (unpaired) electrons. The van der Waals surface area contributed by atoms with E-state index in [4.69, 9.17) is 4.74 Å². The summed E-state index contributed by atoms with van der Waals surface area (Å²) in [5.41, 5.74) is 0.701. The predicted octanol–water partition coefficient (Wildman–Crippen LogP) is 0.223. The number of piperazine rings is 1. The molecule has 1 aliphatic rings. The van der Waals surface area contributed by atoms with E-state index >= 15 is 0 Å². The van der Waals surface area contributed by atoms with Crippen LogP contribution in [0.4, 0.5) is 0 Å². The molecule has 0 N–H and O–H groups in total. The SMILES string of the molecule is COc1ccc(C(=O)N2CCN(C(=O)c3no[n+]([O-])c3C)CC2)cc1. The smallest absolute Gasteiger partial charge is 0.308 e. The summed E-state index contributed by atoms with van der Waals surface area (Å²) in [5, 5.41) is 14.7. The topological polar surface area (TPSA) is 103 Å². The van der Waals surface area contributed by atoms with Crippen molar-refractivity contribution in [2.45, 2.75) is 6.92 Å². The molecule has 25 heavy (non-hydrogen) atoms.